The smallest absolute Gasteiger partial charge is 0.199 e. The van der Waals surface area contributed by atoms with Crippen LogP contribution in [-0.4, -0.2) is 23.6 Å². The average molecular weight is 383 g/mol. The van der Waals surface area contributed by atoms with E-state index in [0.29, 0.717) is 17.8 Å². The minimum Gasteiger partial charge on any atom is -0.465 e. The Labute approximate surface area is 168 Å². The van der Waals surface area contributed by atoms with Crippen molar-refractivity contribution < 1.29 is 14.6 Å². The molecule has 3 fully saturated rings. The highest BCUT2D eigenvalue weighted by Crippen LogP contribution is 2.64. The minimum absolute atomic E-state index is 0.0848. The molecule has 0 radical (unpaired) electrons. The van der Waals surface area contributed by atoms with E-state index in [1.54, 1.807) is 0 Å². The van der Waals surface area contributed by atoms with Crippen molar-refractivity contribution in [1.29, 1.82) is 0 Å². The predicted molar refractivity (Wildman–Crippen MR) is 109 cm³/mol. The quantitative estimate of drug-likeness (QED) is 0.589. The summed E-state index contributed by atoms with van der Waals surface area (Å²) in [5.41, 5.74) is 1.91. The van der Waals surface area contributed by atoms with Gasteiger partial charge in [0.25, 0.3) is 0 Å². The number of benzene rings is 1. The Bertz CT molecular complexity index is 789. The van der Waals surface area contributed by atoms with E-state index in [0.717, 1.165) is 57.3 Å². The second-order valence-corrected chi connectivity index (χ2v) is 9.69. The van der Waals surface area contributed by atoms with Gasteiger partial charge in [0.15, 0.2) is 6.29 Å². The van der Waals surface area contributed by atoms with Crippen LogP contribution in [0.1, 0.15) is 75.3 Å². The van der Waals surface area contributed by atoms with Crippen LogP contribution in [0.25, 0.3) is 0 Å². The van der Waals surface area contributed by atoms with E-state index >= 15 is 0 Å². The van der Waals surface area contributed by atoms with E-state index in [9.17, 15) is 5.11 Å². The lowest BCUT2D eigenvalue weighted by molar-refractivity contribution is -0.105. The van der Waals surface area contributed by atoms with Crippen molar-refractivity contribution in [3.05, 3.63) is 29.3 Å². The number of hydrogen-bond acceptors (Lipinski definition) is 3. The molecule has 1 heterocycles. The number of ether oxygens (including phenoxy) is 2. The molecule has 28 heavy (non-hydrogen) atoms. The second kappa shape index (κ2) is 6.78. The van der Waals surface area contributed by atoms with Crippen LogP contribution in [0.4, 0.5) is 0 Å². The molecule has 1 aromatic carbocycles. The molecule has 6 atom stereocenters. The standard InChI is InChI=1S/C25H32O3/c1-3-25(26)14-12-22-21-9-7-17-16-18(28-23-6-4-5-15-27-23)8-10-19(17)20(21)11-13-24(22,25)2/h1,8,10,16,20-23,26H,4-7,9,11-15H2,2H3/t20-,21-,22+,23?,24+,25+/m1/s1/i1+1,3+1. The molecule has 1 unspecified atom stereocenters. The lowest BCUT2D eigenvalue weighted by Gasteiger charge is -2.52. The van der Waals surface area contributed by atoms with Crippen molar-refractivity contribution >= 4 is 0 Å². The third-order valence-electron chi connectivity index (χ3n) is 8.49. The first kappa shape index (κ1) is 18.5. The van der Waals surface area contributed by atoms with Crippen molar-refractivity contribution in [3.63, 3.8) is 0 Å². The zero-order valence-electron chi connectivity index (χ0n) is 17.0. The Morgan fingerprint density at radius 3 is 2.86 bits per heavy atom. The summed E-state index contributed by atoms with van der Waals surface area (Å²) in [6.07, 6.45) is 15.3. The fourth-order valence-corrected chi connectivity index (χ4v) is 6.84. The van der Waals surface area contributed by atoms with E-state index < -0.39 is 5.60 Å². The first-order valence-electron chi connectivity index (χ1n) is 11.2. The molecule has 3 nitrogen and oxygen atoms in total. The van der Waals surface area contributed by atoms with Crippen LogP contribution in [0.15, 0.2) is 18.2 Å². The molecule has 0 bridgehead atoms. The lowest BCUT2D eigenvalue weighted by Crippen LogP contribution is -2.50. The summed E-state index contributed by atoms with van der Waals surface area (Å²) in [5.74, 6) is 5.49. The average Bonchev–Trinajstić information content (AvgIpc) is 3.00. The highest BCUT2D eigenvalue weighted by Gasteiger charge is 2.61. The molecule has 0 amide bonds. The number of fused-ring (bicyclic) bond motifs is 5. The molecule has 5 rings (SSSR count). The van der Waals surface area contributed by atoms with Gasteiger partial charge < -0.3 is 14.6 Å². The number of rotatable bonds is 2. The molecule has 0 aromatic heterocycles. The van der Waals surface area contributed by atoms with Gasteiger partial charge in [0.05, 0.1) is 6.61 Å². The minimum atomic E-state index is -0.916. The summed E-state index contributed by atoms with van der Waals surface area (Å²) < 4.78 is 11.8. The topological polar surface area (TPSA) is 38.7 Å². The fraction of sp³-hybridized carbons (Fsp3) is 0.680. The Hall–Kier alpha value is -1.50. The van der Waals surface area contributed by atoms with Gasteiger partial charge in [-0.05, 0) is 92.4 Å². The van der Waals surface area contributed by atoms with Crippen LogP contribution < -0.4 is 4.74 Å². The lowest BCUT2D eigenvalue weighted by atomic mass is 9.54. The SMILES string of the molecule is C[C@]12CC[C@@H]3c4ccc(OC5CCCCO5)cc4CC[C@H]3[C@@H]1CC[C@@]2(O)[13C]#[13CH]. The summed E-state index contributed by atoms with van der Waals surface area (Å²) in [5, 5.41) is 11.1. The highest BCUT2D eigenvalue weighted by atomic mass is 16.7. The van der Waals surface area contributed by atoms with E-state index in [1.165, 1.54) is 24.0 Å². The molecule has 1 saturated heterocycles. The maximum atomic E-state index is 11.1. The Balaban J connectivity index is 1.37. The molecule has 1 aliphatic heterocycles. The van der Waals surface area contributed by atoms with Crippen molar-refractivity contribution in [3.8, 4) is 18.1 Å². The van der Waals surface area contributed by atoms with E-state index in [4.69, 9.17) is 15.9 Å². The molecular formula is C25H32O3. The van der Waals surface area contributed by atoms with Gasteiger partial charge in [0.1, 0.15) is 11.4 Å². The Kier molecular flexibility index (Phi) is 4.49. The van der Waals surface area contributed by atoms with E-state index in [-0.39, 0.29) is 11.7 Å². The third-order valence-corrected chi connectivity index (χ3v) is 8.49. The first-order valence-corrected chi connectivity index (χ1v) is 11.2. The van der Waals surface area contributed by atoms with Gasteiger partial charge in [0.2, 0.25) is 0 Å². The van der Waals surface area contributed by atoms with Crippen LogP contribution in [0.2, 0.25) is 0 Å². The molecule has 2 saturated carbocycles. The Morgan fingerprint density at radius 2 is 2.07 bits per heavy atom. The van der Waals surface area contributed by atoms with Crippen molar-refractivity contribution in [2.45, 2.75) is 82.5 Å². The van der Waals surface area contributed by atoms with Gasteiger partial charge >= 0.3 is 0 Å². The molecule has 1 N–H and O–H groups in total. The first-order chi connectivity index (χ1) is 13.5. The van der Waals surface area contributed by atoms with Gasteiger partial charge in [-0.1, -0.05) is 18.9 Å². The van der Waals surface area contributed by atoms with Gasteiger partial charge in [-0.15, -0.1) is 6.42 Å². The normalized spacial score (nSPS) is 42.0. The molecule has 3 heteroatoms. The van der Waals surface area contributed by atoms with Crippen LogP contribution in [0.5, 0.6) is 5.75 Å². The summed E-state index contributed by atoms with van der Waals surface area (Å²) in [6, 6.07) is 6.69. The van der Waals surface area contributed by atoms with Crippen molar-refractivity contribution in [2.75, 3.05) is 6.61 Å². The number of aliphatic hydroxyl groups is 1. The molecular weight excluding hydrogens is 350 g/mol. The third kappa shape index (κ3) is 2.72. The van der Waals surface area contributed by atoms with Gasteiger partial charge in [-0.25, -0.2) is 0 Å². The van der Waals surface area contributed by atoms with Crippen LogP contribution in [0, 0.1) is 29.6 Å². The molecule has 0 spiro atoms. The number of aryl methyl sites for hydroxylation is 1. The fourth-order valence-electron chi connectivity index (χ4n) is 6.84. The molecule has 3 aliphatic carbocycles. The molecule has 1 aromatic rings. The van der Waals surface area contributed by atoms with Crippen LogP contribution >= 0.6 is 0 Å². The summed E-state index contributed by atoms with van der Waals surface area (Å²) in [6.45, 7) is 3.06. The largest absolute Gasteiger partial charge is 0.465 e. The zero-order valence-corrected chi connectivity index (χ0v) is 17.0. The van der Waals surface area contributed by atoms with Crippen molar-refractivity contribution in [2.24, 2.45) is 17.3 Å². The van der Waals surface area contributed by atoms with E-state index in [2.05, 4.69) is 31.0 Å². The van der Waals surface area contributed by atoms with E-state index in [1.807, 2.05) is 0 Å². The molecule has 150 valence electrons. The van der Waals surface area contributed by atoms with Gasteiger partial charge in [-0.3, -0.25) is 0 Å². The summed E-state index contributed by atoms with van der Waals surface area (Å²) >= 11 is 0. The maximum Gasteiger partial charge on any atom is 0.199 e. The highest BCUT2D eigenvalue weighted by molar-refractivity contribution is 5.41. The predicted octanol–water partition coefficient (Wildman–Crippen LogP) is 4.81. The number of hydrogen-bond donors (Lipinski definition) is 1. The molecule has 4 aliphatic rings. The zero-order chi connectivity index (χ0) is 19.4. The van der Waals surface area contributed by atoms with Gasteiger partial charge in [0, 0.05) is 11.8 Å². The Morgan fingerprint density at radius 1 is 1.18 bits per heavy atom. The summed E-state index contributed by atoms with van der Waals surface area (Å²) in [7, 11) is 0. The van der Waals surface area contributed by atoms with Gasteiger partial charge in [-0.2, -0.15) is 0 Å². The second-order valence-electron chi connectivity index (χ2n) is 9.69. The van der Waals surface area contributed by atoms with Crippen LogP contribution in [-0.2, 0) is 11.2 Å². The maximum absolute atomic E-state index is 11.1. The van der Waals surface area contributed by atoms with Crippen LogP contribution in [0.3, 0.4) is 0 Å². The monoisotopic (exact) mass is 382 g/mol. The number of terminal acetylenes is 1. The summed E-state index contributed by atoms with van der Waals surface area (Å²) in [4.78, 5) is 0. The van der Waals surface area contributed by atoms with Crippen molar-refractivity contribution in [1.82, 2.24) is 0 Å².